The van der Waals surface area contributed by atoms with Crippen LogP contribution in [0.5, 0.6) is 17.2 Å². The van der Waals surface area contributed by atoms with Gasteiger partial charge in [-0.15, -0.1) is 0 Å². The number of rotatable bonds is 9. The van der Waals surface area contributed by atoms with Crippen LogP contribution in [0.1, 0.15) is 25.5 Å². The number of amides is 1. The average molecular weight is 425 g/mol. The summed E-state index contributed by atoms with van der Waals surface area (Å²) in [5, 5.41) is 11.8. The van der Waals surface area contributed by atoms with Crippen LogP contribution in [0.15, 0.2) is 57.7 Å². The Morgan fingerprint density at radius 2 is 1.87 bits per heavy atom. The van der Waals surface area contributed by atoms with Crippen LogP contribution < -0.4 is 20.2 Å². The second-order valence-electron chi connectivity index (χ2n) is 6.93. The van der Waals surface area contributed by atoms with Gasteiger partial charge in [0.2, 0.25) is 11.2 Å². The van der Waals surface area contributed by atoms with E-state index in [1.54, 1.807) is 31.2 Å². The van der Waals surface area contributed by atoms with Crippen LogP contribution in [0.25, 0.3) is 11.0 Å². The molecule has 3 aromatic rings. The van der Waals surface area contributed by atoms with Gasteiger partial charge in [0.25, 0.3) is 5.91 Å². The molecule has 1 heterocycles. The molecule has 3 rings (SSSR count). The smallest absolute Gasteiger partial charge is 0.326 e. The normalized spacial score (nSPS) is 11.7. The van der Waals surface area contributed by atoms with Gasteiger partial charge in [-0.05, 0) is 37.6 Å². The molecule has 1 unspecified atom stereocenters. The van der Waals surface area contributed by atoms with Crippen LogP contribution >= 0.6 is 0 Å². The van der Waals surface area contributed by atoms with E-state index >= 15 is 0 Å². The number of aliphatic carboxylic acids is 1. The molecule has 0 radical (unpaired) electrons. The van der Waals surface area contributed by atoms with Crippen molar-refractivity contribution >= 4 is 22.8 Å². The summed E-state index contributed by atoms with van der Waals surface area (Å²) in [7, 11) is 0. The molecule has 1 amide bonds. The molecule has 0 saturated heterocycles. The molecule has 0 bridgehead atoms. The third kappa shape index (κ3) is 5.42. The lowest BCUT2D eigenvalue weighted by atomic mass is 10.2. The molecule has 0 spiro atoms. The van der Waals surface area contributed by atoms with Gasteiger partial charge in [-0.3, -0.25) is 9.59 Å². The highest BCUT2D eigenvalue weighted by atomic mass is 16.5. The molecule has 1 atom stereocenters. The second-order valence-corrected chi connectivity index (χ2v) is 6.93. The zero-order valence-corrected chi connectivity index (χ0v) is 17.2. The maximum Gasteiger partial charge on any atom is 0.326 e. The molecule has 0 aliphatic rings. The van der Waals surface area contributed by atoms with E-state index in [1.165, 1.54) is 18.2 Å². The first-order valence-electron chi connectivity index (χ1n) is 9.84. The summed E-state index contributed by atoms with van der Waals surface area (Å²) in [5.41, 5.74) is -0.0361. The molecule has 31 heavy (non-hydrogen) atoms. The van der Waals surface area contributed by atoms with Crippen molar-refractivity contribution in [3.05, 3.63) is 64.5 Å². The Labute approximate surface area is 178 Å². The number of carbonyl (C=O) groups excluding carboxylic acids is 1. The fourth-order valence-corrected chi connectivity index (χ4v) is 3.01. The largest absolute Gasteiger partial charge is 0.484 e. The highest BCUT2D eigenvalue weighted by Gasteiger charge is 2.19. The van der Waals surface area contributed by atoms with Crippen molar-refractivity contribution in [2.45, 2.75) is 32.7 Å². The summed E-state index contributed by atoms with van der Waals surface area (Å²) in [5.74, 6) is -0.408. The van der Waals surface area contributed by atoms with Crippen LogP contribution in [0.2, 0.25) is 0 Å². The monoisotopic (exact) mass is 425 g/mol. The summed E-state index contributed by atoms with van der Waals surface area (Å²) in [6.07, 6.45) is 0.950. The van der Waals surface area contributed by atoms with Gasteiger partial charge in [0.05, 0.1) is 5.39 Å². The summed E-state index contributed by atoms with van der Waals surface area (Å²) in [4.78, 5) is 36.0. The van der Waals surface area contributed by atoms with E-state index in [4.69, 9.17) is 19.0 Å². The molecule has 1 aromatic heterocycles. The number of aryl methyl sites for hydroxylation is 1. The second kappa shape index (κ2) is 9.80. The Kier molecular flexibility index (Phi) is 6.92. The number of nitrogens with one attached hydrogen (secondary N) is 1. The molecule has 0 aliphatic carbocycles. The van der Waals surface area contributed by atoms with E-state index in [9.17, 15) is 14.4 Å². The molecule has 0 fully saturated rings. The van der Waals surface area contributed by atoms with Crippen molar-refractivity contribution in [2.24, 2.45) is 0 Å². The number of carboxylic acids is 1. The van der Waals surface area contributed by atoms with E-state index < -0.39 is 17.9 Å². The van der Waals surface area contributed by atoms with Gasteiger partial charge in [0.15, 0.2) is 6.61 Å². The summed E-state index contributed by atoms with van der Waals surface area (Å²) < 4.78 is 16.9. The zero-order chi connectivity index (χ0) is 22.4. The van der Waals surface area contributed by atoms with Crippen LogP contribution in [-0.2, 0) is 9.59 Å². The number of carboxylic acid groups (broad SMARTS) is 1. The number of fused-ring (bicyclic) bond motifs is 1. The molecule has 2 aromatic carbocycles. The van der Waals surface area contributed by atoms with Crippen molar-refractivity contribution in [1.82, 2.24) is 5.32 Å². The molecular formula is C23H23NO7. The van der Waals surface area contributed by atoms with Crippen LogP contribution in [-0.4, -0.2) is 29.6 Å². The number of hydrogen-bond donors (Lipinski definition) is 2. The summed E-state index contributed by atoms with van der Waals surface area (Å²) in [6, 6.07) is 12.5. The number of carbonyl (C=O) groups is 2. The Balaban J connectivity index is 1.74. The Hall–Kier alpha value is -3.81. The summed E-state index contributed by atoms with van der Waals surface area (Å²) in [6.45, 7) is 3.09. The van der Waals surface area contributed by atoms with Gasteiger partial charge in [0, 0.05) is 6.07 Å². The summed E-state index contributed by atoms with van der Waals surface area (Å²) >= 11 is 0. The van der Waals surface area contributed by atoms with Gasteiger partial charge in [-0.2, -0.15) is 0 Å². The molecule has 8 nitrogen and oxygen atoms in total. The number of ether oxygens (including phenoxy) is 2. The maximum absolute atomic E-state index is 12.8. The predicted molar refractivity (Wildman–Crippen MR) is 114 cm³/mol. The van der Waals surface area contributed by atoms with Gasteiger partial charge < -0.3 is 24.3 Å². The van der Waals surface area contributed by atoms with Crippen molar-refractivity contribution in [3.63, 3.8) is 0 Å². The Bertz CT molecular complexity index is 1140. The molecular weight excluding hydrogens is 402 g/mol. The number of benzene rings is 2. The lowest BCUT2D eigenvalue weighted by molar-refractivity contribution is -0.142. The quantitative estimate of drug-likeness (QED) is 0.538. The zero-order valence-electron chi connectivity index (χ0n) is 17.2. The van der Waals surface area contributed by atoms with Gasteiger partial charge >= 0.3 is 5.97 Å². The van der Waals surface area contributed by atoms with Crippen molar-refractivity contribution in [1.29, 1.82) is 0 Å². The molecule has 2 N–H and O–H groups in total. The molecule has 0 saturated carbocycles. The Morgan fingerprint density at radius 1 is 1.13 bits per heavy atom. The highest BCUT2D eigenvalue weighted by molar-refractivity contribution is 5.84. The lowest BCUT2D eigenvalue weighted by Crippen LogP contribution is -2.42. The Morgan fingerprint density at radius 3 is 2.55 bits per heavy atom. The number of hydrogen-bond acceptors (Lipinski definition) is 6. The van der Waals surface area contributed by atoms with Gasteiger partial charge in [-0.1, -0.05) is 31.5 Å². The van der Waals surface area contributed by atoms with Crippen LogP contribution in [0.3, 0.4) is 0 Å². The van der Waals surface area contributed by atoms with Crippen LogP contribution in [0, 0.1) is 6.92 Å². The van der Waals surface area contributed by atoms with E-state index in [2.05, 4.69) is 5.32 Å². The van der Waals surface area contributed by atoms with E-state index in [0.717, 1.165) is 0 Å². The minimum Gasteiger partial charge on any atom is -0.484 e. The third-order valence-corrected chi connectivity index (χ3v) is 4.53. The SMILES string of the molecule is CCCC(NC(=O)COc1ccc2c(=O)c(Oc3ccccc3)c(C)oc2c1)C(=O)O. The van der Waals surface area contributed by atoms with Crippen LogP contribution in [0.4, 0.5) is 0 Å². The van der Waals surface area contributed by atoms with Gasteiger partial charge in [-0.25, -0.2) is 4.79 Å². The average Bonchev–Trinajstić information content (AvgIpc) is 2.75. The van der Waals surface area contributed by atoms with E-state index in [-0.39, 0.29) is 23.4 Å². The minimum absolute atomic E-state index is 0.0994. The standard InChI is InChI=1S/C23H23NO7/c1-3-7-18(23(27)28)24-20(25)13-29-16-10-11-17-19(12-16)30-14(2)22(21(17)26)31-15-8-5-4-6-9-15/h4-6,8-12,18H,3,7,13H2,1-2H3,(H,24,25)(H,27,28). The highest BCUT2D eigenvalue weighted by Crippen LogP contribution is 2.27. The lowest BCUT2D eigenvalue weighted by Gasteiger charge is -2.14. The molecule has 0 aliphatic heterocycles. The molecule has 162 valence electrons. The first-order chi connectivity index (χ1) is 14.9. The number of para-hydroxylation sites is 1. The third-order valence-electron chi connectivity index (χ3n) is 4.53. The topological polar surface area (TPSA) is 115 Å². The van der Waals surface area contributed by atoms with Crippen molar-refractivity contribution < 1.29 is 28.6 Å². The van der Waals surface area contributed by atoms with Crippen molar-refractivity contribution in [3.8, 4) is 17.2 Å². The van der Waals surface area contributed by atoms with Gasteiger partial charge in [0.1, 0.15) is 28.9 Å². The fraction of sp³-hybridized carbons (Fsp3) is 0.261. The minimum atomic E-state index is -1.09. The first-order valence-corrected chi connectivity index (χ1v) is 9.84. The van der Waals surface area contributed by atoms with E-state index in [1.807, 2.05) is 13.0 Å². The predicted octanol–water partition coefficient (Wildman–Crippen LogP) is 3.64. The van der Waals surface area contributed by atoms with Crippen molar-refractivity contribution in [2.75, 3.05) is 6.61 Å². The van der Waals surface area contributed by atoms with E-state index in [0.29, 0.717) is 35.5 Å². The molecule has 8 heteroatoms. The fourth-order valence-electron chi connectivity index (χ4n) is 3.01. The first kappa shape index (κ1) is 21.9. The maximum atomic E-state index is 12.8.